The Morgan fingerprint density at radius 1 is 0.892 bits per heavy atom. The van der Waals surface area contributed by atoms with Crippen molar-refractivity contribution in [2.75, 3.05) is 6.54 Å². The molecule has 1 aliphatic rings. The molecule has 6 heteroatoms. The van der Waals surface area contributed by atoms with Gasteiger partial charge in [0.15, 0.2) is 5.78 Å². The minimum absolute atomic E-state index is 0.00765. The molecule has 1 fully saturated rings. The van der Waals surface area contributed by atoms with Crippen molar-refractivity contribution in [3.05, 3.63) is 107 Å². The summed E-state index contributed by atoms with van der Waals surface area (Å²) >= 11 is 0. The number of benzene rings is 3. The molecule has 4 aromatic rings. The molecule has 6 nitrogen and oxygen atoms in total. The summed E-state index contributed by atoms with van der Waals surface area (Å²) in [5, 5.41) is 6.99. The number of hydrogen-bond donors (Lipinski definition) is 3. The normalized spacial score (nSPS) is 18.2. The summed E-state index contributed by atoms with van der Waals surface area (Å²) in [6, 6.07) is 26.3. The predicted molar refractivity (Wildman–Crippen MR) is 144 cm³/mol. The van der Waals surface area contributed by atoms with E-state index in [4.69, 9.17) is 0 Å². The van der Waals surface area contributed by atoms with E-state index in [2.05, 4.69) is 15.6 Å². The Morgan fingerprint density at radius 2 is 1.54 bits per heavy atom. The van der Waals surface area contributed by atoms with Crippen molar-refractivity contribution in [3.63, 3.8) is 0 Å². The number of carbonyl (C=O) groups excluding carboxylic acids is 3. The minimum Gasteiger partial charge on any atom is -0.358 e. The van der Waals surface area contributed by atoms with Crippen LogP contribution in [0.25, 0.3) is 10.9 Å². The van der Waals surface area contributed by atoms with Crippen LogP contribution in [0.1, 0.15) is 46.9 Å². The van der Waals surface area contributed by atoms with Gasteiger partial charge in [0.2, 0.25) is 5.91 Å². The number of carbonyl (C=O) groups is 3. The number of Topliss-reactive ketones (excluding diaryl/α,β-unsaturated/α-hetero) is 1. The molecule has 3 aromatic carbocycles. The van der Waals surface area contributed by atoms with Gasteiger partial charge in [-0.05, 0) is 41.7 Å². The van der Waals surface area contributed by atoms with Crippen LogP contribution < -0.4 is 10.6 Å². The third-order valence-electron chi connectivity index (χ3n) is 7.21. The van der Waals surface area contributed by atoms with Crippen LogP contribution in [0.4, 0.5) is 0 Å². The molecular formula is C31H31N3O3. The monoisotopic (exact) mass is 493 g/mol. The lowest BCUT2D eigenvalue weighted by molar-refractivity contribution is -0.128. The highest BCUT2D eigenvalue weighted by atomic mass is 16.2. The third kappa shape index (κ3) is 4.79. The highest BCUT2D eigenvalue weighted by molar-refractivity contribution is 6.11. The SMILES string of the molecule is CC(C)C1NC(=O)C(C(c2ccccc2)c2[nH]c3ccccc3c2CCNC(=O)c2ccccc2)C1=O. The van der Waals surface area contributed by atoms with Crippen molar-refractivity contribution in [2.24, 2.45) is 11.8 Å². The maximum atomic E-state index is 13.6. The number of nitrogens with one attached hydrogen (secondary N) is 3. The van der Waals surface area contributed by atoms with Crippen LogP contribution >= 0.6 is 0 Å². The first-order valence-electron chi connectivity index (χ1n) is 12.8. The highest BCUT2D eigenvalue weighted by Crippen LogP contribution is 2.40. The Morgan fingerprint density at radius 3 is 2.22 bits per heavy atom. The lowest BCUT2D eigenvalue weighted by atomic mass is 9.78. The van der Waals surface area contributed by atoms with Gasteiger partial charge in [-0.2, -0.15) is 0 Å². The largest absolute Gasteiger partial charge is 0.358 e. The summed E-state index contributed by atoms with van der Waals surface area (Å²) in [5.74, 6) is -1.74. The molecule has 37 heavy (non-hydrogen) atoms. The topological polar surface area (TPSA) is 91.1 Å². The zero-order valence-corrected chi connectivity index (χ0v) is 21.0. The molecule has 0 saturated carbocycles. The zero-order chi connectivity index (χ0) is 25.9. The van der Waals surface area contributed by atoms with E-state index in [1.54, 1.807) is 12.1 Å². The van der Waals surface area contributed by atoms with Gasteiger partial charge < -0.3 is 15.6 Å². The molecule has 1 aliphatic heterocycles. The number of hydrogen-bond acceptors (Lipinski definition) is 3. The smallest absolute Gasteiger partial charge is 0.251 e. The lowest BCUT2D eigenvalue weighted by Gasteiger charge is -2.23. The molecule has 1 aromatic heterocycles. The molecule has 0 bridgehead atoms. The van der Waals surface area contributed by atoms with Crippen LogP contribution in [-0.2, 0) is 16.0 Å². The highest BCUT2D eigenvalue weighted by Gasteiger charge is 2.48. The van der Waals surface area contributed by atoms with E-state index in [1.165, 1.54) is 0 Å². The Labute approximate surface area is 216 Å². The van der Waals surface area contributed by atoms with Gasteiger partial charge in [0, 0.05) is 34.6 Å². The van der Waals surface area contributed by atoms with Crippen molar-refractivity contribution in [1.29, 1.82) is 0 Å². The van der Waals surface area contributed by atoms with E-state index in [0.29, 0.717) is 18.5 Å². The zero-order valence-electron chi connectivity index (χ0n) is 21.0. The first-order chi connectivity index (χ1) is 18.0. The van der Waals surface area contributed by atoms with Crippen LogP contribution in [0.2, 0.25) is 0 Å². The Bertz CT molecular complexity index is 1430. The van der Waals surface area contributed by atoms with Gasteiger partial charge in [-0.1, -0.05) is 80.6 Å². The van der Waals surface area contributed by atoms with Crippen molar-refractivity contribution < 1.29 is 14.4 Å². The lowest BCUT2D eigenvalue weighted by Crippen LogP contribution is -2.34. The van der Waals surface area contributed by atoms with Gasteiger partial charge in [-0.15, -0.1) is 0 Å². The molecule has 0 spiro atoms. The Hall–Kier alpha value is -4.19. The van der Waals surface area contributed by atoms with E-state index in [0.717, 1.165) is 27.7 Å². The maximum Gasteiger partial charge on any atom is 0.251 e. The second kappa shape index (κ2) is 10.4. The van der Waals surface area contributed by atoms with Crippen molar-refractivity contribution >= 4 is 28.5 Å². The number of ketones is 1. The van der Waals surface area contributed by atoms with Crippen LogP contribution in [0.3, 0.4) is 0 Å². The van der Waals surface area contributed by atoms with E-state index in [1.807, 2.05) is 86.6 Å². The number of H-pyrrole nitrogens is 1. The number of rotatable bonds is 8. The van der Waals surface area contributed by atoms with E-state index >= 15 is 0 Å². The molecule has 188 valence electrons. The molecular weight excluding hydrogens is 462 g/mol. The van der Waals surface area contributed by atoms with E-state index in [9.17, 15) is 14.4 Å². The fraction of sp³-hybridized carbons (Fsp3) is 0.258. The molecule has 3 atom stereocenters. The first kappa shape index (κ1) is 24.5. The summed E-state index contributed by atoms with van der Waals surface area (Å²) < 4.78 is 0. The Kier molecular flexibility index (Phi) is 6.91. The van der Waals surface area contributed by atoms with Gasteiger partial charge in [-0.25, -0.2) is 0 Å². The average molecular weight is 494 g/mol. The molecule has 2 amide bonds. The van der Waals surface area contributed by atoms with Gasteiger partial charge in [0.05, 0.1) is 6.04 Å². The molecule has 3 N–H and O–H groups in total. The molecule has 2 heterocycles. The quantitative estimate of drug-likeness (QED) is 0.313. The summed E-state index contributed by atoms with van der Waals surface area (Å²) in [7, 11) is 0. The number of fused-ring (bicyclic) bond motifs is 1. The minimum atomic E-state index is -0.833. The fourth-order valence-corrected chi connectivity index (χ4v) is 5.38. The number of aromatic nitrogens is 1. The summed E-state index contributed by atoms with van der Waals surface area (Å²) in [6.07, 6.45) is 0.553. The van der Waals surface area contributed by atoms with Gasteiger partial charge >= 0.3 is 0 Å². The van der Waals surface area contributed by atoms with Gasteiger partial charge in [0.1, 0.15) is 5.92 Å². The molecule has 0 aliphatic carbocycles. The van der Waals surface area contributed by atoms with E-state index in [-0.39, 0.29) is 23.5 Å². The van der Waals surface area contributed by atoms with Crippen LogP contribution in [-0.4, -0.2) is 35.2 Å². The number of aromatic amines is 1. The van der Waals surface area contributed by atoms with Crippen molar-refractivity contribution in [1.82, 2.24) is 15.6 Å². The van der Waals surface area contributed by atoms with Crippen LogP contribution in [0.5, 0.6) is 0 Å². The fourth-order valence-electron chi connectivity index (χ4n) is 5.38. The average Bonchev–Trinajstić information content (AvgIpc) is 3.43. The third-order valence-corrected chi connectivity index (χ3v) is 7.21. The Balaban J connectivity index is 1.54. The molecule has 0 radical (unpaired) electrons. The summed E-state index contributed by atoms with van der Waals surface area (Å²) in [5.41, 5.74) is 4.30. The predicted octanol–water partition coefficient (Wildman–Crippen LogP) is 4.61. The second-order valence-corrected chi connectivity index (χ2v) is 9.93. The second-order valence-electron chi connectivity index (χ2n) is 9.93. The maximum absolute atomic E-state index is 13.6. The van der Waals surface area contributed by atoms with Crippen molar-refractivity contribution in [2.45, 2.75) is 32.2 Å². The van der Waals surface area contributed by atoms with E-state index < -0.39 is 17.9 Å². The molecule has 3 unspecified atom stereocenters. The van der Waals surface area contributed by atoms with Gasteiger partial charge in [0.25, 0.3) is 5.91 Å². The standard InChI is InChI=1S/C31H31N3O3/c1-19(2)27-29(35)26(31(37)34-27)25(20-11-5-3-6-12-20)28-23(22-15-9-10-16-24(22)33-28)17-18-32-30(36)21-13-7-4-8-14-21/h3-16,19,25-27,33H,17-18H2,1-2H3,(H,32,36)(H,34,37). The molecule has 1 saturated heterocycles. The summed E-state index contributed by atoms with van der Waals surface area (Å²) in [4.78, 5) is 43.1. The van der Waals surface area contributed by atoms with Gasteiger partial charge in [-0.3, -0.25) is 14.4 Å². The number of para-hydroxylation sites is 1. The van der Waals surface area contributed by atoms with Crippen LogP contribution in [0, 0.1) is 11.8 Å². The first-order valence-corrected chi connectivity index (χ1v) is 12.8. The molecule has 5 rings (SSSR count). The van der Waals surface area contributed by atoms with Crippen LogP contribution in [0.15, 0.2) is 84.9 Å². The summed E-state index contributed by atoms with van der Waals surface area (Å²) in [6.45, 7) is 4.32. The van der Waals surface area contributed by atoms with Crippen molar-refractivity contribution in [3.8, 4) is 0 Å². The number of amides is 2.